The zero-order chi connectivity index (χ0) is 13.1. The first kappa shape index (κ1) is 12.6. The molecule has 2 heterocycles. The van der Waals surface area contributed by atoms with Crippen LogP contribution < -0.4 is 11.1 Å². The van der Waals surface area contributed by atoms with Crippen molar-refractivity contribution in [1.29, 1.82) is 0 Å². The van der Waals surface area contributed by atoms with Gasteiger partial charge in [-0.15, -0.1) is 0 Å². The van der Waals surface area contributed by atoms with Gasteiger partial charge in [-0.05, 0) is 5.92 Å². The van der Waals surface area contributed by atoms with Gasteiger partial charge in [-0.1, -0.05) is 13.8 Å². The van der Waals surface area contributed by atoms with E-state index in [-0.39, 0.29) is 12.0 Å². The Balaban J connectivity index is 2.32. The number of nitrogens with one attached hydrogen (secondary N) is 2. The maximum absolute atomic E-state index is 5.67. The summed E-state index contributed by atoms with van der Waals surface area (Å²) in [5.74, 6) is 1.30. The number of aromatic nitrogens is 4. The van der Waals surface area contributed by atoms with Crippen LogP contribution in [0.3, 0.4) is 0 Å². The number of rotatable bonds is 5. The van der Waals surface area contributed by atoms with E-state index >= 15 is 0 Å². The summed E-state index contributed by atoms with van der Waals surface area (Å²) in [5.41, 5.74) is 6.30. The van der Waals surface area contributed by atoms with Crippen molar-refractivity contribution in [2.45, 2.75) is 19.9 Å². The molecule has 2 rings (SSSR count). The van der Waals surface area contributed by atoms with E-state index in [1.54, 1.807) is 13.3 Å². The third-order valence-corrected chi connectivity index (χ3v) is 2.80. The van der Waals surface area contributed by atoms with Crippen LogP contribution in [0.2, 0.25) is 0 Å². The van der Waals surface area contributed by atoms with E-state index in [9.17, 15) is 0 Å². The van der Waals surface area contributed by atoms with Crippen molar-refractivity contribution in [3.63, 3.8) is 0 Å². The number of aromatic amines is 1. The molecule has 2 aromatic rings. The molecule has 0 radical (unpaired) electrons. The van der Waals surface area contributed by atoms with Gasteiger partial charge in [-0.25, -0.2) is 0 Å². The Hall–Kier alpha value is -1.89. The Kier molecular flexibility index (Phi) is 3.61. The van der Waals surface area contributed by atoms with Crippen molar-refractivity contribution in [2.75, 3.05) is 24.8 Å². The smallest absolute Gasteiger partial charge is 0.224 e. The highest BCUT2D eigenvalue weighted by molar-refractivity contribution is 5.86. The topological polar surface area (TPSA) is 102 Å². The minimum Gasteiger partial charge on any atom is -0.383 e. The van der Waals surface area contributed by atoms with Gasteiger partial charge >= 0.3 is 0 Å². The van der Waals surface area contributed by atoms with Gasteiger partial charge in [0.2, 0.25) is 5.95 Å². The van der Waals surface area contributed by atoms with Crippen LogP contribution in [0.1, 0.15) is 13.8 Å². The molecule has 98 valence electrons. The minimum atomic E-state index is 0.155. The summed E-state index contributed by atoms with van der Waals surface area (Å²) >= 11 is 0. The van der Waals surface area contributed by atoms with Crippen LogP contribution in [0.5, 0.6) is 0 Å². The highest BCUT2D eigenvalue weighted by atomic mass is 16.5. The van der Waals surface area contributed by atoms with Gasteiger partial charge in [-0.3, -0.25) is 5.10 Å². The van der Waals surface area contributed by atoms with E-state index in [4.69, 9.17) is 10.5 Å². The molecule has 7 nitrogen and oxygen atoms in total. The number of ether oxygens (including phenoxy) is 1. The molecule has 0 aromatic carbocycles. The molecule has 1 atom stereocenters. The zero-order valence-electron chi connectivity index (χ0n) is 10.8. The Morgan fingerprint density at radius 2 is 2.22 bits per heavy atom. The van der Waals surface area contributed by atoms with Crippen molar-refractivity contribution < 1.29 is 4.74 Å². The van der Waals surface area contributed by atoms with Crippen molar-refractivity contribution in [3.05, 3.63) is 6.20 Å². The molecule has 1 unspecified atom stereocenters. The summed E-state index contributed by atoms with van der Waals surface area (Å²) in [7, 11) is 1.68. The van der Waals surface area contributed by atoms with Crippen molar-refractivity contribution in [2.24, 2.45) is 5.92 Å². The summed E-state index contributed by atoms with van der Waals surface area (Å²) in [6.45, 7) is 4.84. The maximum atomic E-state index is 5.67. The van der Waals surface area contributed by atoms with E-state index in [1.807, 2.05) is 0 Å². The predicted molar refractivity (Wildman–Crippen MR) is 70.2 cm³/mol. The summed E-state index contributed by atoms with van der Waals surface area (Å²) < 4.78 is 5.20. The minimum absolute atomic E-state index is 0.155. The quantitative estimate of drug-likeness (QED) is 0.732. The Labute approximate surface area is 105 Å². The average Bonchev–Trinajstić information content (AvgIpc) is 2.76. The van der Waals surface area contributed by atoms with Gasteiger partial charge < -0.3 is 15.8 Å². The second-order valence-corrected chi connectivity index (χ2v) is 4.51. The Morgan fingerprint density at radius 1 is 1.44 bits per heavy atom. The van der Waals surface area contributed by atoms with Crippen molar-refractivity contribution >= 4 is 22.8 Å². The second kappa shape index (κ2) is 5.18. The van der Waals surface area contributed by atoms with Crippen LogP contribution >= 0.6 is 0 Å². The lowest BCUT2D eigenvalue weighted by Gasteiger charge is -2.22. The third kappa shape index (κ3) is 2.51. The van der Waals surface area contributed by atoms with Crippen LogP contribution in [-0.2, 0) is 4.74 Å². The molecular weight excluding hydrogens is 232 g/mol. The molecule has 0 fully saturated rings. The molecule has 4 N–H and O–H groups in total. The number of hydrogen-bond donors (Lipinski definition) is 3. The lowest BCUT2D eigenvalue weighted by atomic mass is 10.1. The first-order chi connectivity index (χ1) is 8.61. The fourth-order valence-electron chi connectivity index (χ4n) is 1.72. The lowest BCUT2D eigenvalue weighted by molar-refractivity contribution is 0.171. The number of methoxy groups -OCH3 is 1. The number of hydrogen-bond acceptors (Lipinski definition) is 6. The Morgan fingerprint density at radius 3 is 2.89 bits per heavy atom. The highest BCUT2D eigenvalue weighted by Crippen LogP contribution is 2.21. The van der Waals surface area contributed by atoms with Gasteiger partial charge in [0.25, 0.3) is 0 Å². The SMILES string of the molecule is COCC(Nc1nc(N)nc2[nH]ncc12)C(C)C. The number of nitrogen functional groups attached to an aromatic ring is 1. The largest absolute Gasteiger partial charge is 0.383 e. The number of nitrogens with two attached hydrogens (primary N) is 1. The fraction of sp³-hybridized carbons (Fsp3) is 0.545. The first-order valence-electron chi connectivity index (χ1n) is 5.84. The average molecular weight is 250 g/mol. The van der Waals surface area contributed by atoms with Gasteiger partial charge in [0.05, 0.1) is 24.2 Å². The van der Waals surface area contributed by atoms with Gasteiger partial charge in [0.15, 0.2) is 5.65 Å². The van der Waals surface area contributed by atoms with E-state index in [1.165, 1.54) is 0 Å². The van der Waals surface area contributed by atoms with Crippen molar-refractivity contribution in [1.82, 2.24) is 20.2 Å². The van der Waals surface area contributed by atoms with Crippen LogP contribution in [0.15, 0.2) is 6.20 Å². The number of anilines is 2. The summed E-state index contributed by atoms with van der Waals surface area (Å²) in [6, 6.07) is 0.155. The van der Waals surface area contributed by atoms with E-state index in [0.29, 0.717) is 24.0 Å². The number of H-pyrrole nitrogens is 1. The molecule has 0 saturated heterocycles. The molecule has 0 amide bonds. The van der Waals surface area contributed by atoms with Crippen molar-refractivity contribution in [3.8, 4) is 0 Å². The molecule has 0 aliphatic heterocycles. The second-order valence-electron chi connectivity index (χ2n) is 4.51. The third-order valence-electron chi connectivity index (χ3n) is 2.80. The molecule has 18 heavy (non-hydrogen) atoms. The molecule has 2 aromatic heterocycles. The monoisotopic (exact) mass is 250 g/mol. The summed E-state index contributed by atoms with van der Waals surface area (Å²) in [5, 5.41) is 10.9. The summed E-state index contributed by atoms with van der Waals surface area (Å²) in [6.07, 6.45) is 1.68. The van der Waals surface area contributed by atoms with Gasteiger partial charge in [-0.2, -0.15) is 15.1 Å². The van der Waals surface area contributed by atoms with Crippen LogP contribution in [0.25, 0.3) is 11.0 Å². The molecule has 7 heteroatoms. The fourth-order valence-corrected chi connectivity index (χ4v) is 1.72. The van der Waals surface area contributed by atoms with E-state index in [2.05, 4.69) is 39.3 Å². The van der Waals surface area contributed by atoms with E-state index < -0.39 is 0 Å². The maximum Gasteiger partial charge on any atom is 0.224 e. The molecule has 0 spiro atoms. The first-order valence-corrected chi connectivity index (χ1v) is 5.84. The molecule has 0 aliphatic rings. The molecule has 0 aliphatic carbocycles. The lowest BCUT2D eigenvalue weighted by Crippen LogP contribution is -2.31. The predicted octanol–water partition coefficient (Wildman–Crippen LogP) is 1.02. The molecule has 0 bridgehead atoms. The number of nitrogens with zero attached hydrogens (tertiary/aromatic N) is 3. The zero-order valence-corrected chi connectivity index (χ0v) is 10.8. The van der Waals surface area contributed by atoms with Crippen LogP contribution in [0, 0.1) is 5.92 Å². The molecule has 0 saturated carbocycles. The van der Waals surface area contributed by atoms with Crippen LogP contribution in [-0.4, -0.2) is 39.9 Å². The molecular formula is C11H18N6O. The Bertz CT molecular complexity index is 523. The van der Waals surface area contributed by atoms with Crippen LogP contribution in [0.4, 0.5) is 11.8 Å². The standard InChI is InChI=1S/C11H18N6O/c1-6(2)8(5-18-3)14-9-7-4-13-17-10(7)16-11(12)15-9/h4,6,8H,5H2,1-3H3,(H4,12,13,14,15,16,17). The van der Waals surface area contributed by atoms with Gasteiger partial charge in [0.1, 0.15) is 5.82 Å². The number of fused-ring (bicyclic) bond motifs is 1. The highest BCUT2D eigenvalue weighted by Gasteiger charge is 2.16. The normalized spacial score (nSPS) is 13.1. The summed E-state index contributed by atoms with van der Waals surface area (Å²) in [4.78, 5) is 8.29. The van der Waals surface area contributed by atoms with Gasteiger partial charge in [0, 0.05) is 7.11 Å². The van der Waals surface area contributed by atoms with E-state index in [0.717, 1.165) is 5.39 Å².